The Morgan fingerprint density at radius 2 is 1.80 bits per heavy atom. The van der Waals surface area contributed by atoms with Crippen LogP contribution in [0.2, 0.25) is 0 Å². The topological polar surface area (TPSA) is 37.4 Å². The van der Waals surface area contributed by atoms with Crippen LogP contribution in [0.4, 0.5) is 0 Å². The first-order valence-corrected chi connectivity index (χ1v) is 9.36. The van der Waals surface area contributed by atoms with E-state index in [9.17, 15) is 8.42 Å². The smallest absolute Gasteiger partial charge is 0.212 e. The maximum Gasteiger partial charge on any atom is 0.214 e. The van der Waals surface area contributed by atoms with E-state index in [1.54, 1.807) is 4.31 Å². The predicted molar refractivity (Wildman–Crippen MR) is 83.9 cm³/mol. The molecule has 0 bridgehead atoms. The zero-order valence-electron chi connectivity index (χ0n) is 12.9. The highest BCUT2D eigenvalue weighted by molar-refractivity contribution is 7.89. The van der Waals surface area contributed by atoms with Crippen LogP contribution in [0.5, 0.6) is 0 Å². The number of hydrogen-bond donors (Lipinski definition) is 0. The van der Waals surface area contributed by atoms with E-state index in [1.165, 1.54) is 5.57 Å². The molecule has 1 aliphatic carbocycles. The van der Waals surface area contributed by atoms with Crippen LogP contribution in [0.1, 0.15) is 40.0 Å². The first kappa shape index (κ1) is 15.8. The maximum atomic E-state index is 12.4. The summed E-state index contributed by atoms with van der Waals surface area (Å²) in [6.07, 6.45) is 9.14. The van der Waals surface area contributed by atoms with Gasteiger partial charge in [-0.3, -0.25) is 0 Å². The summed E-state index contributed by atoms with van der Waals surface area (Å²) in [6.45, 7) is 7.98. The molecule has 1 fully saturated rings. The third-order valence-corrected chi connectivity index (χ3v) is 6.58. The SMILES string of the molecule is CC1CCN(S(=O)(=O)CCC2=C[C@H](C)[C@H](C)C=C2)CC1. The number of piperidine rings is 1. The van der Waals surface area contributed by atoms with Gasteiger partial charge in [-0.05, 0) is 37.0 Å². The molecule has 2 rings (SSSR count). The van der Waals surface area contributed by atoms with E-state index in [1.807, 2.05) is 0 Å². The molecule has 0 aromatic rings. The maximum absolute atomic E-state index is 12.4. The van der Waals surface area contributed by atoms with Crippen molar-refractivity contribution in [3.8, 4) is 0 Å². The lowest BCUT2D eigenvalue weighted by Gasteiger charge is -2.29. The van der Waals surface area contributed by atoms with Crippen molar-refractivity contribution in [2.75, 3.05) is 18.8 Å². The van der Waals surface area contributed by atoms with Gasteiger partial charge in [0.25, 0.3) is 0 Å². The fourth-order valence-corrected chi connectivity index (χ4v) is 4.32. The lowest BCUT2D eigenvalue weighted by atomic mass is 9.88. The van der Waals surface area contributed by atoms with Gasteiger partial charge in [0.15, 0.2) is 0 Å². The lowest BCUT2D eigenvalue weighted by molar-refractivity contribution is 0.288. The molecule has 20 heavy (non-hydrogen) atoms. The van der Waals surface area contributed by atoms with Crippen molar-refractivity contribution < 1.29 is 8.42 Å². The highest BCUT2D eigenvalue weighted by Gasteiger charge is 2.26. The Labute approximate surface area is 123 Å². The van der Waals surface area contributed by atoms with Crippen LogP contribution in [-0.4, -0.2) is 31.6 Å². The van der Waals surface area contributed by atoms with Crippen LogP contribution in [-0.2, 0) is 10.0 Å². The van der Waals surface area contributed by atoms with E-state index in [2.05, 4.69) is 39.0 Å². The van der Waals surface area contributed by atoms with Gasteiger partial charge in [0.05, 0.1) is 5.75 Å². The first-order chi connectivity index (χ1) is 9.38. The van der Waals surface area contributed by atoms with Gasteiger partial charge < -0.3 is 0 Å². The van der Waals surface area contributed by atoms with Crippen LogP contribution in [0.25, 0.3) is 0 Å². The average molecular weight is 297 g/mol. The Hall–Kier alpha value is -0.610. The molecule has 0 saturated carbocycles. The van der Waals surface area contributed by atoms with Crippen LogP contribution >= 0.6 is 0 Å². The quantitative estimate of drug-likeness (QED) is 0.799. The molecule has 2 aliphatic rings. The number of hydrogen-bond acceptors (Lipinski definition) is 2. The first-order valence-electron chi connectivity index (χ1n) is 7.75. The molecule has 4 heteroatoms. The number of nitrogens with zero attached hydrogens (tertiary/aromatic N) is 1. The van der Waals surface area contributed by atoms with Crippen molar-refractivity contribution in [1.82, 2.24) is 4.31 Å². The van der Waals surface area contributed by atoms with Gasteiger partial charge in [-0.2, -0.15) is 0 Å². The second kappa shape index (κ2) is 6.44. The average Bonchev–Trinajstić information content (AvgIpc) is 2.41. The molecular formula is C16H27NO2S. The molecule has 0 spiro atoms. The van der Waals surface area contributed by atoms with Crippen LogP contribution < -0.4 is 0 Å². The molecule has 0 aromatic carbocycles. The second-order valence-corrected chi connectivity index (χ2v) is 8.55. The van der Waals surface area contributed by atoms with Crippen molar-refractivity contribution in [3.05, 3.63) is 23.8 Å². The number of rotatable bonds is 4. The summed E-state index contributed by atoms with van der Waals surface area (Å²) in [5.74, 6) is 1.97. The minimum atomic E-state index is -3.08. The fourth-order valence-electron chi connectivity index (χ4n) is 2.80. The summed E-state index contributed by atoms with van der Waals surface area (Å²) in [4.78, 5) is 0. The fraction of sp³-hybridized carbons (Fsp3) is 0.750. The molecule has 3 nitrogen and oxygen atoms in total. The normalized spacial score (nSPS) is 29.4. The molecule has 2 atom stereocenters. The Morgan fingerprint density at radius 3 is 2.40 bits per heavy atom. The molecule has 114 valence electrons. The minimum absolute atomic E-state index is 0.249. The predicted octanol–water partition coefficient (Wildman–Crippen LogP) is 3.21. The van der Waals surface area contributed by atoms with Crippen molar-refractivity contribution in [3.63, 3.8) is 0 Å². The van der Waals surface area contributed by atoms with E-state index in [0.717, 1.165) is 12.8 Å². The molecule has 1 aliphatic heterocycles. The third kappa shape index (κ3) is 3.95. The molecule has 1 heterocycles. The molecule has 0 amide bonds. The summed E-state index contributed by atoms with van der Waals surface area (Å²) < 4.78 is 26.4. The third-order valence-electron chi connectivity index (χ3n) is 4.70. The van der Waals surface area contributed by atoms with Gasteiger partial charge in [0.1, 0.15) is 0 Å². The monoisotopic (exact) mass is 297 g/mol. The summed E-state index contributed by atoms with van der Waals surface area (Å²) in [5, 5.41) is 0. The Morgan fingerprint density at radius 1 is 1.15 bits per heavy atom. The minimum Gasteiger partial charge on any atom is -0.212 e. The molecule has 0 unspecified atom stereocenters. The largest absolute Gasteiger partial charge is 0.214 e. The van der Waals surface area contributed by atoms with Crippen molar-refractivity contribution in [2.45, 2.75) is 40.0 Å². The highest BCUT2D eigenvalue weighted by Crippen LogP contribution is 2.25. The Balaban J connectivity index is 1.90. The van der Waals surface area contributed by atoms with E-state index in [-0.39, 0.29) is 5.75 Å². The summed E-state index contributed by atoms with van der Waals surface area (Å²) >= 11 is 0. The zero-order valence-corrected chi connectivity index (χ0v) is 13.7. The van der Waals surface area contributed by atoms with Crippen LogP contribution in [0.15, 0.2) is 23.8 Å². The van der Waals surface area contributed by atoms with E-state index >= 15 is 0 Å². The molecule has 0 radical (unpaired) electrons. The van der Waals surface area contributed by atoms with Gasteiger partial charge in [-0.1, -0.05) is 44.6 Å². The summed E-state index contributed by atoms with van der Waals surface area (Å²) in [6, 6.07) is 0. The number of sulfonamides is 1. The van der Waals surface area contributed by atoms with Crippen molar-refractivity contribution in [2.24, 2.45) is 17.8 Å². The second-order valence-electron chi connectivity index (χ2n) is 6.47. The molecule has 0 N–H and O–H groups in total. The standard InChI is InChI=1S/C16H27NO2S/c1-13-6-9-17(10-7-13)20(18,19)11-8-16-5-4-14(2)15(3)12-16/h4-5,12-15H,6-11H2,1-3H3/t14-,15+/m1/s1. The summed E-state index contributed by atoms with van der Waals surface area (Å²) in [7, 11) is -3.08. The molecular weight excluding hydrogens is 270 g/mol. The van der Waals surface area contributed by atoms with Crippen molar-refractivity contribution in [1.29, 1.82) is 0 Å². The van der Waals surface area contributed by atoms with Gasteiger partial charge in [0, 0.05) is 13.1 Å². The van der Waals surface area contributed by atoms with Gasteiger partial charge in [-0.15, -0.1) is 0 Å². The van der Waals surface area contributed by atoms with Gasteiger partial charge in [0.2, 0.25) is 10.0 Å². The zero-order chi connectivity index (χ0) is 14.8. The van der Waals surface area contributed by atoms with Gasteiger partial charge in [-0.25, -0.2) is 12.7 Å². The highest BCUT2D eigenvalue weighted by atomic mass is 32.2. The summed E-state index contributed by atoms with van der Waals surface area (Å²) in [5.41, 5.74) is 1.17. The van der Waals surface area contributed by atoms with E-state index < -0.39 is 10.0 Å². The van der Waals surface area contributed by atoms with Crippen molar-refractivity contribution >= 4 is 10.0 Å². The molecule has 0 aromatic heterocycles. The lowest BCUT2D eigenvalue weighted by Crippen LogP contribution is -2.39. The number of allylic oxidation sites excluding steroid dienone is 4. The Kier molecular flexibility index (Phi) is 5.08. The van der Waals surface area contributed by atoms with Gasteiger partial charge >= 0.3 is 0 Å². The van der Waals surface area contributed by atoms with Crippen LogP contribution in [0, 0.1) is 17.8 Å². The van der Waals surface area contributed by atoms with E-state index in [0.29, 0.717) is 37.3 Å². The van der Waals surface area contributed by atoms with Crippen LogP contribution in [0.3, 0.4) is 0 Å². The van der Waals surface area contributed by atoms with E-state index in [4.69, 9.17) is 0 Å². The Bertz CT molecular complexity index is 485. The molecule has 1 saturated heterocycles.